The van der Waals surface area contributed by atoms with Gasteiger partial charge in [0, 0.05) is 0 Å². The van der Waals surface area contributed by atoms with Gasteiger partial charge in [-0.2, -0.15) is 38.5 Å². The first-order chi connectivity index (χ1) is 23.3. The van der Waals surface area contributed by atoms with E-state index in [1.807, 2.05) is 0 Å². The quantitative estimate of drug-likeness (QED) is 0.100. The first-order valence-electron chi connectivity index (χ1n) is 14.8. The molecule has 0 heterocycles. The summed E-state index contributed by atoms with van der Waals surface area (Å²) in [7, 11) is 0. The molecule has 6 aromatic carbocycles. The van der Waals surface area contributed by atoms with Gasteiger partial charge in [-0.15, -0.1) is 69.1 Å². The van der Waals surface area contributed by atoms with Gasteiger partial charge in [0.2, 0.25) is 0 Å². The van der Waals surface area contributed by atoms with Crippen LogP contribution in [0.5, 0.6) is 0 Å². The Morgan fingerprint density at radius 1 is 0.580 bits per heavy atom. The summed E-state index contributed by atoms with van der Waals surface area (Å²) in [6, 6.07) is 43.1. The number of hydrogen-bond donors (Lipinski definition) is 0. The van der Waals surface area contributed by atoms with Crippen molar-refractivity contribution in [3.63, 3.8) is 0 Å². The Bertz CT molecular complexity index is 1850. The molecule has 0 aromatic heterocycles. The smallest absolute Gasteiger partial charge is 0.430 e. The number of carboxylic acid groups (broad SMARTS) is 2. The maximum Gasteiger partial charge on any atom is 0.430 e. The van der Waals surface area contributed by atoms with Crippen LogP contribution < -0.4 is 10.2 Å². The van der Waals surface area contributed by atoms with E-state index in [1.54, 1.807) is 23.3 Å². The molecule has 0 radical (unpaired) electrons. The average Bonchev–Trinajstić information content (AvgIpc) is 3.62. The minimum atomic E-state index is -5.19. The first-order valence-corrected chi connectivity index (χ1v) is 21.0. The van der Waals surface area contributed by atoms with E-state index < -0.39 is 24.3 Å². The fourth-order valence-electron chi connectivity index (χ4n) is 4.51. The van der Waals surface area contributed by atoms with E-state index in [9.17, 15) is 26.3 Å². The van der Waals surface area contributed by atoms with Gasteiger partial charge in [-0.05, 0) is 11.1 Å². The molecular weight excluding hydrogens is 754 g/mol. The predicted molar refractivity (Wildman–Crippen MR) is 179 cm³/mol. The van der Waals surface area contributed by atoms with Gasteiger partial charge in [-0.25, -0.2) is 0 Å². The number of aliphatic carboxylic acids is 2. The second kappa shape index (κ2) is 19.2. The van der Waals surface area contributed by atoms with Crippen LogP contribution in [0.3, 0.4) is 0 Å². The van der Waals surface area contributed by atoms with Crippen LogP contribution in [0.25, 0.3) is 43.8 Å². The molecule has 0 aliphatic rings. The molecule has 0 spiro atoms. The summed E-state index contributed by atoms with van der Waals surface area (Å²) in [5.41, 5.74) is 8.11. The Kier molecular flexibility index (Phi) is 16.1. The molecule has 0 saturated heterocycles. The molecule has 0 N–H and O–H groups in total. The summed E-state index contributed by atoms with van der Waals surface area (Å²) in [4.78, 5) is 17.6. The molecule has 0 amide bonds. The maximum absolute atomic E-state index is 10.5. The number of benzene rings is 4. The largest absolute Gasteiger partial charge is 0.542 e. The maximum atomic E-state index is 10.5. The molecule has 0 aliphatic heterocycles. The van der Waals surface area contributed by atoms with E-state index in [1.165, 1.54) is 54.9 Å². The third-order valence-electron chi connectivity index (χ3n) is 6.42. The monoisotopic (exact) mass is 784 g/mol. The number of aryl methyl sites for hydroxylation is 2. The molecule has 0 atom stereocenters. The summed E-state index contributed by atoms with van der Waals surface area (Å²) in [5.74, 6) is -6.01. The molecule has 50 heavy (non-hydrogen) atoms. The topological polar surface area (TPSA) is 80.3 Å². The number of alkyl halides is 6. The third kappa shape index (κ3) is 13.9. The SMILES string of the molecule is C[Si](C)=[Zr+2].Cc1cc2c(-c3ccccc3)cccc2[cH-]1.Cc1cc2c(-c3ccccc3)cccc2[cH-]1.O=C([O-])C(F)(F)F.O=C([O-])C(F)(F)F. The van der Waals surface area contributed by atoms with Crippen LogP contribution in [0.2, 0.25) is 13.1 Å². The van der Waals surface area contributed by atoms with Gasteiger partial charge in [-0.1, -0.05) is 97.8 Å². The Labute approximate surface area is 301 Å². The number of fused-ring (bicyclic) bond motifs is 2. The Balaban J connectivity index is 0.000000239. The van der Waals surface area contributed by atoms with Gasteiger partial charge in [0.05, 0.1) is 0 Å². The van der Waals surface area contributed by atoms with E-state index >= 15 is 0 Å². The van der Waals surface area contributed by atoms with Crippen molar-refractivity contribution < 1.29 is 69.5 Å². The molecular formula is C38H32F6O4SiZr-2. The summed E-state index contributed by atoms with van der Waals surface area (Å²) in [6.45, 7) is 8.91. The van der Waals surface area contributed by atoms with Gasteiger partial charge in [0.1, 0.15) is 11.9 Å². The third-order valence-corrected chi connectivity index (χ3v) is 6.42. The second-order valence-electron chi connectivity index (χ2n) is 11.0. The molecule has 0 saturated carbocycles. The van der Waals surface area contributed by atoms with Crippen LogP contribution in [0, 0.1) is 13.8 Å². The zero-order valence-corrected chi connectivity index (χ0v) is 30.9. The number of halogens is 6. The summed E-state index contributed by atoms with van der Waals surface area (Å²) >= 11 is 1.74. The predicted octanol–water partition coefficient (Wildman–Crippen LogP) is 8.45. The summed E-state index contributed by atoms with van der Waals surface area (Å²) < 4.78 is 63.1. The summed E-state index contributed by atoms with van der Waals surface area (Å²) in [5, 5.41) is 22.9. The van der Waals surface area contributed by atoms with Crippen LogP contribution in [0.15, 0.2) is 121 Å². The van der Waals surface area contributed by atoms with Crippen molar-refractivity contribution in [1.82, 2.24) is 0 Å². The van der Waals surface area contributed by atoms with Gasteiger partial charge in [0.15, 0.2) is 0 Å². The zero-order valence-electron chi connectivity index (χ0n) is 27.4. The Hall–Kier alpha value is -4.28. The average molecular weight is 786 g/mol. The molecule has 0 bridgehead atoms. The van der Waals surface area contributed by atoms with Crippen LogP contribution >= 0.6 is 0 Å². The van der Waals surface area contributed by atoms with Crippen molar-refractivity contribution >= 4 is 38.9 Å². The number of carboxylic acids is 2. The van der Waals surface area contributed by atoms with Crippen molar-refractivity contribution in [3.05, 3.63) is 132 Å². The van der Waals surface area contributed by atoms with Gasteiger partial charge < -0.3 is 19.8 Å². The molecule has 12 heteroatoms. The van der Waals surface area contributed by atoms with Gasteiger partial charge >= 0.3 is 54.2 Å². The van der Waals surface area contributed by atoms with E-state index in [2.05, 4.69) is 148 Å². The van der Waals surface area contributed by atoms with Crippen molar-refractivity contribution in [1.29, 1.82) is 0 Å². The number of carbonyl (C=O) groups excluding carboxylic acids is 2. The molecule has 0 fully saturated rings. The van der Waals surface area contributed by atoms with Crippen molar-refractivity contribution in [3.8, 4) is 22.3 Å². The molecule has 0 aliphatic carbocycles. The van der Waals surface area contributed by atoms with Crippen molar-refractivity contribution in [2.75, 3.05) is 0 Å². The van der Waals surface area contributed by atoms with Crippen LogP contribution in [0.4, 0.5) is 26.3 Å². The van der Waals surface area contributed by atoms with E-state index in [0.717, 1.165) is 0 Å². The first kappa shape index (κ1) is 41.9. The molecule has 6 rings (SSSR count). The van der Waals surface area contributed by atoms with Crippen molar-refractivity contribution in [2.45, 2.75) is 39.3 Å². The van der Waals surface area contributed by atoms with Gasteiger partial charge in [-0.3, -0.25) is 0 Å². The number of carbonyl (C=O) groups is 2. The molecule has 0 unspecified atom stereocenters. The van der Waals surface area contributed by atoms with E-state index in [-0.39, 0.29) is 5.43 Å². The van der Waals surface area contributed by atoms with E-state index in [4.69, 9.17) is 19.8 Å². The van der Waals surface area contributed by atoms with Crippen LogP contribution in [-0.4, -0.2) is 29.7 Å². The number of rotatable bonds is 2. The molecule has 6 aromatic rings. The van der Waals surface area contributed by atoms with Gasteiger partial charge in [0.25, 0.3) is 0 Å². The minimum Gasteiger partial charge on any atom is -0.542 e. The number of hydrogen-bond acceptors (Lipinski definition) is 4. The second-order valence-corrected chi connectivity index (χ2v) is 20.4. The minimum absolute atomic E-state index is 0.210. The molecule has 4 nitrogen and oxygen atoms in total. The van der Waals surface area contributed by atoms with Crippen LogP contribution in [0.1, 0.15) is 11.1 Å². The van der Waals surface area contributed by atoms with E-state index in [0.29, 0.717) is 0 Å². The molecule has 260 valence electrons. The zero-order chi connectivity index (χ0) is 37.6. The standard InChI is InChI=1S/2C16H13.2C2HF3O2.C2H6Si.Zr/c2*1-12-10-14-8-5-9-15(16(14)11-12)13-6-3-2-4-7-13;2*3-2(4,5)1(6)7;1-3-2;/h2*2-11H,1H3;2*(H,6,7);1-2H3;/q2*-1;;;;+2/p-2. The Morgan fingerprint density at radius 2 is 0.860 bits per heavy atom. The summed E-state index contributed by atoms with van der Waals surface area (Å²) in [6.07, 6.45) is -10.4. The fourth-order valence-corrected chi connectivity index (χ4v) is 4.51. The fraction of sp³-hybridized carbons (Fsp3) is 0.158. The van der Waals surface area contributed by atoms with Crippen LogP contribution in [-0.2, 0) is 32.9 Å². The Morgan fingerprint density at radius 3 is 1.12 bits per heavy atom. The normalized spacial score (nSPS) is 10.6. The van der Waals surface area contributed by atoms with Crippen molar-refractivity contribution in [2.24, 2.45) is 0 Å².